The number of carbonyl (C=O) groups is 1. The third-order valence-corrected chi connectivity index (χ3v) is 3.01. The standard InChI is InChI=1S/C16H18N2O/c1-12-6-5-9-14(10-12)15(16(17)19)18-11-13-7-3-2-4-8-13/h2-10,15,18H,11H2,1H3,(H2,17,19). The molecular formula is C16H18N2O. The summed E-state index contributed by atoms with van der Waals surface area (Å²) in [4.78, 5) is 11.6. The number of amides is 1. The largest absolute Gasteiger partial charge is 0.368 e. The van der Waals surface area contributed by atoms with Gasteiger partial charge in [0.15, 0.2) is 0 Å². The fourth-order valence-corrected chi connectivity index (χ4v) is 2.05. The lowest BCUT2D eigenvalue weighted by Crippen LogP contribution is -2.33. The summed E-state index contributed by atoms with van der Waals surface area (Å²) >= 11 is 0. The van der Waals surface area contributed by atoms with Gasteiger partial charge in [-0.05, 0) is 18.1 Å². The van der Waals surface area contributed by atoms with Crippen LogP contribution in [0.15, 0.2) is 54.6 Å². The van der Waals surface area contributed by atoms with E-state index < -0.39 is 6.04 Å². The molecule has 0 saturated carbocycles. The zero-order valence-electron chi connectivity index (χ0n) is 11.0. The van der Waals surface area contributed by atoms with Crippen LogP contribution in [0, 0.1) is 6.92 Å². The van der Waals surface area contributed by atoms with Crippen molar-refractivity contribution in [3.63, 3.8) is 0 Å². The number of benzene rings is 2. The third-order valence-electron chi connectivity index (χ3n) is 3.01. The van der Waals surface area contributed by atoms with E-state index in [1.165, 1.54) is 0 Å². The Bertz CT molecular complexity index is 552. The van der Waals surface area contributed by atoms with Crippen LogP contribution in [0.25, 0.3) is 0 Å². The Hall–Kier alpha value is -2.13. The molecule has 3 N–H and O–H groups in total. The molecule has 1 amide bonds. The highest BCUT2D eigenvalue weighted by molar-refractivity contribution is 5.81. The van der Waals surface area contributed by atoms with Crippen molar-refractivity contribution < 1.29 is 4.79 Å². The van der Waals surface area contributed by atoms with Gasteiger partial charge >= 0.3 is 0 Å². The third kappa shape index (κ3) is 3.66. The molecule has 0 saturated heterocycles. The predicted molar refractivity (Wildman–Crippen MR) is 76.4 cm³/mol. The molecule has 3 nitrogen and oxygen atoms in total. The Labute approximate surface area is 113 Å². The molecule has 0 aliphatic rings. The molecule has 0 bridgehead atoms. The number of aryl methyl sites for hydroxylation is 1. The summed E-state index contributed by atoms with van der Waals surface area (Å²) in [6, 6.07) is 17.3. The van der Waals surface area contributed by atoms with Crippen LogP contribution in [0.4, 0.5) is 0 Å². The van der Waals surface area contributed by atoms with Gasteiger partial charge in [-0.2, -0.15) is 0 Å². The normalized spacial score (nSPS) is 12.1. The summed E-state index contributed by atoms with van der Waals surface area (Å²) in [6.45, 7) is 2.61. The highest BCUT2D eigenvalue weighted by Gasteiger charge is 2.16. The minimum atomic E-state index is -0.458. The molecule has 0 radical (unpaired) electrons. The fraction of sp³-hybridized carbons (Fsp3) is 0.188. The molecule has 0 aliphatic heterocycles. The molecule has 0 aliphatic carbocycles. The lowest BCUT2D eigenvalue weighted by atomic mass is 10.0. The maximum absolute atomic E-state index is 11.6. The van der Waals surface area contributed by atoms with Gasteiger partial charge in [0.1, 0.15) is 6.04 Å². The molecule has 0 aromatic heterocycles. The van der Waals surface area contributed by atoms with E-state index in [9.17, 15) is 4.79 Å². The second kappa shape index (κ2) is 6.16. The summed E-state index contributed by atoms with van der Waals surface area (Å²) < 4.78 is 0. The van der Waals surface area contributed by atoms with Gasteiger partial charge in [-0.1, -0.05) is 60.2 Å². The van der Waals surface area contributed by atoms with E-state index in [-0.39, 0.29) is 5.91 Å². The van der Waals surface area contributed by atoms with Crippen molar-refractivity contribution in [3.8, 4) is 0 Å². The number of carbonyl (C=O) groups excluding carboxylic acids is 1. The van der Waals surface area contributed by atoms with Crippen molar-refractivity contribution in [2.75, 3.05) is 0 Å². The summed E-state index contributed by atoms with van der Waals surface area (Å²) in [5.41, 5.74) is 8.63. The van der Waals surface area contributed by atoms with Crippen molar-refractivity contribution in [2.45, 2.75) is 19.5 Å². The van der Waals surface area contributed by atoms with Crippen LogP contribution in [0.2, 0.25) is 0 Å². The second-order valence-corrected chi connectivity index (χ2v) is 4.62. The minimum Gasteiger partial charge on any atom is -0.368 e. The number of hydrogen-bond donors (Lipinski definition) is 2. The molecule has 3 heteroatoms. The zero-order valence-corrected chi connectivity index (χ0v) is 11.0. The summed E-state index contributed by atoms with van der Waals surface area (Å²) in [5, 5.41) is 3.20. The summed E-state index contributed by atoms with van der Waals surface area (Å²) in [7, 11) is 0. The second-order valence-electron chi connectivity index (χ2n) is 4.62. The van der Waals surface area contributed by atoms with Crippen LogP contribution in [0.3, 0.4) is 0 Å². The molecule has 0 fully saturated rings. The number of hydrogen-bond acceptors (Lipinski definition) is 2. The Balaban J connectivity index is 2.11. The Morgan fingerprint density at radius 3 is 2.53 bits per heavy atom. The Morgan fingerprint density at radius 1 is 1.16 bits per heavy atom. The molecule has 1 unspecified atom stereocenters. The molecule has 0 spiro atoms. The van der Waals surface area contributed by atoms with E-state index in [0.29, 0.717) is 6.54 Å². The molecule has 2 rings (SSSR count). The highest BCUT2D eigenvalue weighted by atomic mass is 16.1. The Morgan fingerprint density at radius 2 is 1.89 bits per heavy atom. The van der Waals surface area contributed by atoms with Crippen LogP contribution < -0.4 is 11.1 Å². The van der Waals surface area contributed by atoms with Crippen molar-refractivity contribution >= 4 is 5.91 Å². The van der Waals surface area contributed by atoms with E-state index >= 15 is 0 Å². The van der Waals surface area contributed by atoms with Crippen molar-refractivity contribution in [1.29, 1.82) is 0 Å². The molecule has 19 heavy (non-hydrogen) atoms. The Kier molecular flexibility index (Phi) is 4.31. The SMILES string of the molecule is Cc1cccc(C(NCc2ccccc2)C(N)=O)c1. The first kappa shape index (κ1) is 13.3. The maximum atomic E-state index is 11.6. The highest BCUT2D eigenvalue weighted by Crippen LogP contribution is 2.15. The topological polar surface area (TPSA) is 55.1 Å². The van der Waals surface area contributed by atoms with Gasteiger partial charge in [-0.25, -0.2) is 0 Å². The molecule has 98 valence electrons. The van der Waals surface area contributed by atoms with Crippen molar-refractivity contribution in [1.82, 2.24) is 5.32 Å². The summed E-state index contributed by atoms with van der Waals surface area (Å²) in [6.07, 6.45) is 0. The number of nitrogens with two attached hydrogens (primary N) is 1. The van der Waals surface area contributed by atoms with Crippen molar-refractivity contribution in [2.24, 2.45) is 5.73 Å². The van der Waals surface area contributed by atoms with Gasteiger partial charge in [0.25, 0.3) is 0 Å². The quantitative estimate of drug-likeness (QED) is 0.860. The van der Waals surface area contributed by atoms with E-state index in [1.807, 2.05) is 61.5 Å². The van der Waals surface area contributed by atoms with Gasteiger partial charge in [0.05, 0.1) is 0 Å². The van der Waals surface area contributed by atoms with Crippen LogP contribution in [-0.2, 0) is 11.3 Å². The van der Waals surface area contributed by atoms with E-state index in [4.69, 9.17) is 5.73 Å². The van der Waals surface area contributed by atoms with E-state index in [2.05, 4.69) is 5.32 Å². The van der Waals surface area contributed by atoms with Crippen LogP contribution in [-0.4, -0.2) is 5.91 Å². The van der Waals surface area contributed by atoms with Crippen LogP contribution >= 0.6 is 0 Å². The molecule has 1 atom stereocenters. The number of rotatable bonds is 5. The average molecular weight is 254 g/mol. The smallest absolute Gasteiger partial charge is 0.239 e. The monoisotopic (exact) mass is 254 g/mol. The van der Waals surface area contributed by atoms with Gasteiger partial charge < -0.3 is 5.73 Å². The first-order chi connectivity index (χ1) is 9.16. The van der Waals surface area contributed by atoms with Crippen molar-refractivity contribution in [3.05, 3.63) is 71.3 Å². The van der Waals surface area contributed by atoms with Gasteiger partial charge in [-0.3, -0.25) is 10.1 Å². The van der Waals surface area contributed by atoms with Gasteiger partial charge in [0.2, 0.25) is 5.91 Å². The average Bonchev–Trinajstić information content (AvgIpc) is 2.40. The lowest BCUT2D eigenvalue weighted by Gasteiger charge is -2.16. The number of nitrogens with one attached hydrogen (secondary N) is 1. The molecule has 0 heterocycles. The predicted octanol–water partition coefficient (Wildman–Crippen LogP) is 2.31. The zero-order chi connectivity index (χ0) is 13.7. The van der Waals surface area contributed by atoms with E-state index in [0.717, 1.165) is 16.7 Å². The first-order valence-corrected chi connectivity index (χ1v) is 6.30. The van der Waals surface area contributed by atoms with Gasteiger partial charge in [0, 0.05) is 6.54 Å². The van der Waals surface area contributed by atoms with Gasteiger partial charge in [-0.15, -0.1) is 0 Å². The fourth-order valence-electron chi connectivity index (χ4n) is 2.05. The minimum absolute atomic E-state index is 0.360. The van der Waals surface area contributed by atoms with Crippen LogP contribution in [0.5, 0.6) is 0 Å². The first-order valence-electron chi connectivity index (χ1n) is 6.30. The van der Waals surface area contributed by atoms with E-state index in [1.54, 1.807) is 0 Å². The molecule has 2 aromatic carbocycles. The number of primary amides is 1. The summed E-state index contributed by atoms with van der Waals surface area (Å²) in [5.74, 6) is -0.360. The van der Waals surface area contributed by atoms with Crippen LogP contribution in [0.1, 0.15) is 22.7 Å². The lowest BCUT2D eigenvalue weighted by molar-refractivity contribution is -0.120. The molecule has 2 aromatic rings. The molecular weight excluding hydrogens is 236 g/mol. The maximum Gasteiger partial charge on any atom is 0.239 e.